The maximum absolute atomic E-state index is 11.8. The van der Waals surface area contributed by atoms with Crippen molar-refractivity contribution in [3.05, 3.63) is 70.7 Å². The number of amides is 4. The van der Waals surface area contributed by atoms with E-state index < -0.39 is 36.2 Å². The minimum atomic E-state index is -0.802. The number of carbonyl (C=O) groups excluding carboxylic acids is 5. The third-order valence-electron chi connectivity index (χ3n) is 3.69. The van der Waals surface area contributed by atoms with Crippen LogP contribution in [0.4, 0.5) is 0 Å². The molecular weight excluding hydrogens is 428 g/mol. The van der Waals surface area contributed by atoms with Crippen molar-refractivity contribution in [3.8, 4) is 0 Å². The molecule has 0 aliphatic heterocycles. The lowest BCUT2D eigenvalue weighted by atomic mass is 10.2. The number of halogens is 1. The van der Waals surface area contributed by atoms with Crippen molar-refractivity contribution in [1.82, 2.24) is 21.7 Å². The van der Waals surface area contributed by atoms with Gasteiger partial charge in [-0.25, -0.2) is 0 Å². The average Bonchev–Trinajstić information content (AvgIpc) is 2.79. The summed E-state index contributed by atoms with van der Waals surface area (Å²) in [6.45, 7) is -0.647. The summed E-state index contributed by atoms with van der Waals surface area (Å²) >= 11 is 5.72. The van der Waals surface area contributed by atoms with Gasteiger partial charge in [0.2, 0.25) is 5.91 Å². The van der Waals surface area contributed by atoms with E-state index in [1.165, 1.54) is 24.3 Å². The Hall–Kier alpha value is -3.92. The average molecular weight is 447 g/mol. The van der Waals surface area contributed by atoms with E-state index in [4.69, 9.17) is 16.3 Å². The van der Waals surface area contributed by atoms with Gasteiger partial charge in [0.05, 0.1) is 6.42 Å². The minimum Gasteiger partial charge on any atom is -0.455 e. The summed E-state index contributed by atoms with van der Waals surface area (Å²) in [5.74, 6) is -3.26. The van der Waals surface area contributed by atoms with Crippen LogP contribution in [0.15, 0.2) is 54.6 Å². The molecule has 0 fully saturated rings. The van der Waals surface area contributed by atoms with Crippen molar-refractivity contribution in [2.75, 3.05) is 6.61 Å². The fourth-order valence-corrected chi connectivity index (χ4v) is 2.25. The van der Waals surface area contributed by atoms with Crippen LogP contribution in [0.25, 0.3) is 0 Å². The summed E-state index contributed by atoms with van der Waals surface area (Å²) in [5, 5.41) is 0.458. The van der Waals surface area contributed by atoms with Crippen LogP contribution in [0.5, 0.6) is 0 Å². The molecule has 4 amide bonds. The molecule has 0 spiro atoms. The molecule has 11 heteroatoms. The number of nitrogens with one attached hydrogen (secondary N) is 4. The Morgan fingerprint density at radius 1 is 0.677 bits per heavy atom. The highest BCUT2D eigenvalue weighted by atomic mass is 35.5. The number of rotatable bonds is 7. The molecule has 2 rings (SSSR count). The van der Waals surface area contributed by atoms with E-state index in [9.17, 15) is 24.0 Å². The van der Waals surface area contributed by atoms with Crippen molar-refractivity contribution < 1.29 is 28.7 Å². The number of esters is 1. The van der Waals surface area contributed by atoms with Gasteiger partial charge in [-0.1, -0.05) is 29.8 Å². The number of carbonyl (C=O) groups is 5. The standard InChI is InChI=1S/C20H19ClN4O6/c21-15-8-6-14(7-9-15)20(30)25-23-17(27)12-31-18(28)11-10-16(26)22-24-19(29)13-4-2-1-3-5-13/h1-9H,10-12H2,(H,22,26)(H,23,27)(H,24,29)(H,25,30). The van der Waals surface area contributed by atoms with Gasteiger partial charge in [-0.15, -0.1) is 0 Å². The number of hydrogen-bond acceptors (Lipinski definition) is 6. The van der Waals surface area contributed by atoms with Gasteiger partial charge in [-0.05, 0) is 36.4 Å². The highest BCUT2D eigenvalue weighted by Crippen LogP contribution is 2.09. The molecule has 2 aromatic carbocycles. The maximum Gasteiger partial charge on any atom is 0.306 e. The zero-order chi connectivity index (χ0) is 22.6. The quantitative estimate of drug-likeness (QED) is 0.367. The molecule has 10 nitrogen and oxygen atoms in total. The summed E-state index contributed by atoms with van der Waals surface area (Å²) in [6, 6.07) is 14.2. The van der Waals surface area contributed by atoms with Gasteiger partial charge in [-0.3, -0.25) is 45.7 Å². The molecule has 162 valence electrons. The van der Waals surface area contributed by atoms with Gasteiger partial charge >= 0.3 is 5.97 Å². The highest BCUT2D eigenvalue weighted by Gasteiger charge is 2.12. The summed E-state index contributed by atoms with van der Waals surface area (Å²) in [4.78, 5) is 58.6. The zero-order valence-corrected chi connectivity index (χ0v) is 16.9. The molecule has 0 saturated heterocycles. The van der Waals surface area contributed by atoms with Crippen LogP contribution in [0.1, 0.15) is 33.6 Å². The lowest BCUT2D eigenvalue weighted by Gasteiger charge is -2.09. The molecule has 0 bridgehead atoms. The molecule has 2 aromatic rings. The van der Waals surface area contributed by atoms with Crippen molar-refractivity contribution in [3.63, 3.8) is 0 Å². The van der Waals surface area contributed by atoms with Crippen molar-refractivity contribution >= 4 is 41.2 Å². The normalized spacial score (nSPS) is 9.84. The monoisotopic (exact) mass is 446 g/mol. The Balaban J connectivity index is 1.59. The van der Waals surface area contributed by atoms with E-state index >= 15 is 0 Å². The van der Waals surface area contributed by atoms with Crippen LogP contribution in [-0.2, 0) is 19.1 Å². The third kappa shape index (κ3) is 8.54. The fourth-order valence-electron chi connectivity index (χ4n) is 2.12. The Labute approximate surface area is 182 Å². The predicted octanol–water partition coefficient (Wildman–Crippen LogP) is 0.886. The first-order chi connectivity index (χ1) is 14.8. The van der Waals surface area contributed by atoms with Crippen LogP contribution in [0, 0.1) is 0 Å². The van der Waals surface area contributed by atoms with E-state index in [0.717, 1.165) is 0 Å². The number of hydrazine groups is 2. The summed E-state index contributed by atoms with van der Waals surface area (Å²) in [7, 11) is 0. The predicted molar refractivity (Wildman–Crippen MR) is 109 cm³/mol. The first-order valence-corrected chi connectivity index (χ1v) is 9.37. The van der Waals surface area contributed by atoms with Crippen LogP contribution in [0.3, 0.4) is 0 Å². The van der Waals surface area contributed by atoms with Crippen LogP contribution in [-0.4, -0.2) is 36.2 Å². The first kappa shape index (κ1) is 23.4. The Kier molecular flexibility index (Phi) is 8.99. The molecule has 0 unspecified atom stereocenters. The second kappa shape index (κ2) is 11.9. The molecule has 0 aromatic heterocycles. The van der Waals surface area contributed by atoms with E-state index in [0.29, 0.717) is 10.6 Å². The van der Waals surface area contributed by atoms with Crippen molar-refractivity contribution in [2.45, 2.75) is 12.8 Å². The first-order valence-electron chi connectivity index (χ1n) is 9.00. The van der Waals surface area contributed by atoms with Crippen LogP contribution < -0.4 is 21.7 Å². The number of ether oxygens (including phenoxy) is 1. The minimum absolute atomic E-state index is 0.261. The second-order valence-corrected chi connectivity index (χ2v) is 6.47. The van der Waals surface area contributed by atoms with E-state index in [1.807, 2.05) is 0 Å². The van der Waals surface area contributed by atoms with Crippen LogP contribution in [0.2, 0.25) is 5.02 Å². The Morgan fingerprint density at radius 3 is 1.84 bits per heavy atom. The summed E-state index contributed by atoms with van der Waals surface area (Å²) in [5.41, 5.74) is 9.26. The molecule has 0 saturated carbocycles. The Morgan fingerprint density at radius 2 is 1.23 bits per heavy atom. The van der Waals surface area contributed by atoms with Crippen molar-refractivity contribution in [2.24, 2.45) is 0 Å². The molecule has 0 atom stereocenters. The van der Waals surface area contributed by atoms with E-state index in [1.54, 1.807) is 30.3 Å². The topological polar surface area (TPSA) is 143 Å². The van der Waals surface area contributed by atoms with Gasteiger partial charge in [0.1, 0.15) is 0 Å². The molecule has 0 aliphatic carbocycles. The molecule has 31 heavy (non-hydrogen) atoms. The lowest BCUT2D eigenvalue weighted by Crippen LogP contribution is -2.43. The summed E-state index contributed by atoms with van der Waals surface area (Å²) in [6.07, 6.45) is -0.569. The maximum atomic E-state index is 11.8. The van der Waals surface area contributed by atoms with Gasteiger partial charge in [0.15, 0.2) is 6.61 Å². The molecule has 0 radical (unpaired) electrons. The van der Waals surface area contributed by atoms with Gasteiger partial charge in [-0.2, -0.15) is 0 Å². The smallest absolute Gasteiger partial charge is 0.306 e. The second-order valence-electron chi connectivity index (χ2n) is 6.04. The molecular formula is C20H19ClN4O6. The Bertz CT molecular complexity index is 950. The van der Waals surface area contributed by atoms with Gasteiger partial charge in [0, 0.05) is 22.6 Å². The lowest BCUT2D eigenvalue weighted by molar-refractivity contribution is -0.149. The third-order valence-corrected chi connectivity index (χ3v) is 3.95. The fraction of sp³-hybridized carbons (Fsp3) is 0.150. The van der Waals surface area contributed by atoms with Gasteiger partial charge in [0.25, 0.3) is 17.7 Å². The summed E-state index contributed by atoms with van der Waals surface area (Å²) < 4.78 is 4.72. The molecule has 4 N–H and O–H groups in total. The molecule has 0 aliphatic rings. The molecule has 0 heterocycles. The SMILES string of the molecule is O=C(CCC(=O)OCC(=O)NNC(=O)c1ccc(Cl)cc1)NNC(=O)c1ccccc1. The highest BCUT2D eigenvalue weighted by molar-refractivity contribution is 6.30. The number of benzene rings is 2. The van der Waals surface area contributed by atoms with Crippen LogP contribution >= 0.6 is 11.6 Å². The van der Waals surface area contributed by atoms with Gasteiger partial charge < -0.3 is 4.74 Å². The van der Waals surface area contributed by atoms with E-state index in [2.05, 4.69) is 21.7 Å². The largest absolute Gasteiger partial charge is 0.455 e. The van der Waals surface area contributed by atoms with E-state index in [-0.39, 0.29) is 18.4 Å². The zero-order valence-electron chi connectivity index (χ0n) is 16.1. The number of hydrogen-bond donors (Lipinski definition) is 4. The van der Waals surface area contributed by atoms with Crippen molar-refractivity contribution in [1.29, 1.82) is 0 Å².